The van der Waals surface area contributed by atoms with Crippen molar-refractivity contribution in [3.05, 3.63) is 137 Å². The van der Waals surface area contributed by atoms with Gasteiger partial charge in [-0.15, -0.1) is 0 Å². The van der Waals surface area contributed by atoms with Crippen molar-refractivity contribution < 1.29 is 8.78 Å². The Labute approximate surface area is 339 Å². The lowest BCUT2D eigenvalue weighted by Crippen LogP contribution is -2.61. The molecule has 2 nitrogen and oxygen atoms in total. The molecule has 0 unspecified atom stereocenters. The van der Waals surface area contributed by atoms with Gasteiger partial charge >= 0.3 is 0 Å². The van der Waals surface area contributed by atoms with E-state index in [-0.39, 0.29) is 39.5 Å². The molecule has 0 saturated carbocycles. The summed E-state index contributed by atoms with van der Waals surface area (Å²) in [5.74, 6) is -1.18. The van der Waals surface area contributed by atoms with E-state index in [1.807, 2.05) is 11.0 Å². The van der Waals surface area contributed by atoms with Gasteiger partial charge in [-0.05, 0) is 120 Å². The van der Waals surface area contributed by atoms with Gasteiger partial charge in [-0.25, -0.2) is 8.78 Å². The smallest absolute Gasteiger partial charge is 0.252 e. The molecule has 2 aliphatic carbocycles. The van der Waals surface area contributed by atoms with E-state index in [1.54, 1.807) is 0 Å². The molecule has 0 bridgehead atoms. The van der Waals surface area contributed by atoms with Crippen LogP contribution in [0.25, 0.3) is 11.1 Å². The Kier molecular flexibility index (Phi) is 7.82. The van der Waals surface area contributed by atoms with E-state index < -0.39 is 11.6 Å². The Morgan fingerprint density at radius 1 is 0.509 bits per heavy atom. The summed E-state index contributed by atoms with van der Waals surface area (Å²) in [7, 11) is 0. The highest BCUT2D eigenvalue weighted by atomic mass is 19.1. The molecule has 9 rings (SSSR count). The summed E-state index contributed by atoms with van der Waals surface area (Å²) in [5, 5.41) is 0. The molecular weight excluding hydrogens is 701 g/mol. The van der Waals surface area contributed by atoms with Crippen LogP contribution in [-0.2, 0) is 16.2 Å². The SMILES string of the molecule is CC(C)(C)C1=CC(C)(C)c2cc(N3c4cc5c(cc4B4c6cc(C(C)(C)C)ccc6N(c6c(F)cccc6F)c6cccc3c64)C(C(C)(C)C)=CC5(C)C)ccc21. The molecule has 0 radical (unpaired) electrons. The highest BCUT2D eigenvalue weighted by Crippen LogP contribution is 2.53. The fraction of sp³-hybridized carbons (Fsp3) is 0.346. The number of hydrogen-bond acceptors (Lipinski definition) is 2. The lowest BCUT2D eigenvalue weighted by Gasteiger charge is -2.45. The van der Waals surface area contributed by atoms with Gasteiger partial charge < -0.3 is 9.80 Å². The fourth-order valence-corrected chi connectivity index (χ4v) is 10.1. The van der Waals surface area contributed by atoms with Gasteiger partial charge in [0.2, 0.25) is 0 Å². The second-order valence-corrected chi connectivity index (χ2v) is 21.2. The predicted octanol–water partition coefficient (Wildman–Crippen LogP) is 12.8. The number of nitrogens with zero attached hydrogens (tertiary/aromatic N) is 2. The molecule has 290 valence electrons. The maximum Gasteiger partial charge on any atom is 0.252 e. The average molecular weight is 757 g/mol. The highest BCUT2D eigenvalue weighted by Gasteiger charge is 2.47. The third kappa shape index (κ3) is 5.54. The minimum absolute atomic E-state index is 0.00211. The molecule has 0 N–H and O–H groups in total. The molecule has 0 spiro atoms. The van der Waals surface area contributed by atoms with Crippen LogP contribution in [0.2, 0.25) is 0 Å². The molecule has 0 aromatic heterocycles. The number of para-hydroxylation sites is 1. The second kappa shape index (κ2) is 11.8. The van der Waals surface area contributed by atoms with E-state index in [9.17, 15) is 0 Å². The third-order valence-electron chi connectivity index (χ3n) is 13.0. The molecule has 5 aromatic carbocycles. The zero-order valence-electron chi connectivity index (χ0n) is 36.0. The Morgan fingerprint density at radius 3 is 1.65 bits per heavy atom. The van der Waals surface area contributed by atoms with Crippen LogP contribution in [0.15, 0.2) is 97.1 Å². The lowest BCUT2D eigenvalue weighted by molar-refractivity contribution is 0.565. The Morgan fingerprint density at radius 2 is 1.05 bits per heavy atom. The maximum absolute atomic E-state index is 16.2. The van der Waals surface area contributed by atoms with Gasteiger partial charge in [-0.1, -0.05) is 139 Å². The van der Waals surface area contributed by atoms with Crippen molar-refractivity contribution >= 4 is 68.4 Å². The standard InChI is InChI=1S/C52H55BF2N2/c1-48(2,3)30-20-23-42-38(24-30)53-39-26-33-35(52(12,13)29-37(33)50(7,8)9)27-45(39)56(31-21-22-32-34(25-31)51(10,11)28-36(32)49(4,5)6)43-18-15-19-44(46(43)53)57(42)47-40(54)16-14-17-41(47)55/h14-29H,1-13H3. The van der Waals surface area contributed by atoms with Gasteiger partial charge in [-0.3, -0.25) is 0 Å². The summed E-state index contributed by atoms with van der Waals surface area (Å²) in [4.78, 5) is 4.28. The van der Waals surface area contributed by atoms with Crippen LogP contribution >= 0.6 is 0 Å². The highest BCUT2D eigenvalue weighted by molar-refractivity contribution is 7.00. The number of allylic oxidation sites excluding steroid dienone is 4. The molecule has 4 aliphatic rings. The van der Waals surface area contributed by atoms with Gasteiger partial charge in [0.25, 0.3) is 6.71 Å². The van der Waals surface area contributed by atoms with Gasteiger partial charge in [-0.2, -0.15) is 0 Å². The lowest BCUT2D eigenvalue weighted by atomic mass is 9.33. The monoisotopic (exact) mass is 756 g/mol. The summed E-state index contributed by atoms with van der Waals surface area (Å²) < 4.78 is 32.3. The van der Waals surface area contributed by atoms with E-state index in [0.29, 0.717) is 0 Å². The molecule has 57 heavy (non-hydrogen) atoms. The fourth-order valence-electron chi connectivity index (χ4n) is 10.1. The van der Waals surface area contributed by atoms with Crippen molar-refractivity contribution in [3.63, 3.8) is 0 Å². The van der Waals surface area contributed by atoms with Crippen molar-refractivity contribution in [3.8, 4) is 0 Å². The summed E-state index contributed by atoms with van der Waals surface area (Å²) in [6.45, 7) is 29.6. The van der Waals surface area contributed by atoms with Gasteiger partial charge in [0.05, 0.1) is 0 Å². The van der Waals surface area contributed by atoms with E-state index in [1.165, 1.54) is 62.6 Å². The van der Waals surface area contributed by atoms with Crippen LogP contribution in [0.5, 0.6) is 0 Å². The van der Waals surface area contributed by atoms with Gasteiger partial charge in [0.1, 0.15) is 17.3 Å². The quantitative estimate of drug-likeness (QED) is 0.162. The van der Waals surface area contributed by atoms with Gasteiger partial charge in [0, 0.05) is 39.3 Å². The number of halogens is 2. The van der Waals surface area contributed by atoms with Crippen molar-refractivity contribution in [2.75, 3.05) is 9.80 Å². The zero-order valence-corrected chi connectivity index (χ0v) is 36.0. The summed E-state index contributed by atoms with van der Waals surface area (Å²) in [6, 6.07) is 28.9. The summed E-state index contributed by atoms with van der Waals surface area (Å²) >= 11 is 0. The van der Waals surface area contributed by atoms with E-state index >= 15 is 8.78 Å². The maximum atomic E-state index is 16.2. The molecule has 5 aromatic rings. The first kappa shape index (κ1) is 37.7. The van der Waals surface area contributed by atoms with Crippen LogP contribution in [0.3, 0.4) is 0 Å². The molecule has 5 heteroatoms. The number of hydrogen-bond donors (Lipinski definition) is 0. The summed E-state index contributed by atoms with van der Waals surface area (Å²) in [6.07, 6.45) is 4.92. The number of fused-ring (bicyclic) bond motifs is 6. The Hall–Kier alpha value is -4.90. The largest absolute Gasteiger partial charge is 0.311 e. The third-order valence-corrected chi connectivity index (χ3v) is 13.0. The van der Waals surface area contributed by atoms with Crippen molar-refractivity contribution in [1.82, 2.24) is 0 Å². The minimum Gasteiger partial charge on any atom is -0.311 e. The molecule has 0 atom stereocenters. The second-order valence-electron chi connectivity index (χ2n) is 21.2. The first-order valence-electron chi connectivity index (χ1n) is 20.6. The van der Waals surface area contributed by atoms with Gasteiger partial charge in [0.15, 0.2) is 0 Å². The topological polar surface area (TPSA) is 6.48 Å². The number of benzene rings is 5. The number of rotatable bonds is 2. The van der Waals surface area contributed by atoms with Crippen LogP contribution in [0.4, 0.5) is 42.9 Å². The van der Waals surface area contributed by atoms with Crippen molar-refractivity contribution in [1.29, 1.82) is 0 Å². The molecular formula is C52H55BF2N2. The van der Waals surface area contributed by atoms with Crippen LogP contribution in [0.1, 0.15) is 118 Å². The minimum atomic E-state index is -0.590. The van der Waals surface area contributed by atoms with Crippen LogP contribution < -0.4 is 26.2 Å². The Balaban J connectivity index is 1.40. The van der Waals surface area contributed by atoms with E-state index in [4.69, 9.17) is 0 Å². The first-order valence-corrected chi connectivity index (χ1v) is 20.6. The van der Waals surface area contributed by atoms with Crippen molar-refractivity contribution in [2.45, 2.75) is 106 Å². The van der Waals surface area contributed by atoms with E-state index in [0.717, 1.165) is 39.4 Å². The molecule has 0 amide bonds. The van der Waals surface area contributed by atoms with Crippen LogP contribution in [0, 0.1) is 22.5 Å². The molecule has 2 aliphatic heterocycles. The molecule has 2 heterocycles. The molecule has 0 saturated heterocycles. The average Bonchev–Trinajstić information content (AvgIpc) is 3.55. The van der Waals surface area contributed by atoms with Crippen LogP contribution in [-0.4, -0.2) is 6.71 Å². The Bertz CT molecular complexity index is 2600. The zero-order chi connectivity index (χ0) is 40.9. The summed E-state index contributed by atoms with van der Waals surface area (Å²) in [5.41, 5.74) is 16.7. The normalized spacial score (nSPS) is 17.4. The number of anilines is 6. The predicted molar refractivity (Wildman–Crippen MR) is 240 cm³/mol. The molecule has 0 fully saturated rings. The van der Waals surface area contributed by atoms with Crippen molar-refractivity contribution in [2.24, 2.45) is 10.8 Å². The first-order chi connectivity index (χ1) is 26.5. The van der Waals surface area contributed by atoms with E-state index in [2.05, 4.69) is 168 Å².